The molecule has 0 radical (unpaired) electrons. The summed E-state index contributed by atoms with van der Waals surface area (Å²) in [5, 5.41) is 0. The second-order valence-electron chi connectivity index (χ2n) is 5.19. The molecule has 1 aliphatic rings. The lowest BCUT2D eigenvalue weighted by Crippen LogP contribution is -2.09. The molecule has 1 aromatic carbocycles. The molecule has 1 fully saturated rings. The molecule has 2 atom stereocenters. The van der Waals surface area contributed by atoms with E-state index < -0.39 is 5.97 Å². The van der Waals surface area contributed by atoms with Gasteiger partial charge in [-0.3, -0.25) is 0 Å². The van der Waals surface area contributed by atoms with Crippen LogP contribution in [0.15, 0.2) is 18.2 Å². The van der Waals surface area contributed by atoms with Crippen LogP contribution in [0.3, 0.4) is 0 Å². The maximum atomic E-state index is 13.8. The second-order valence-corrected chi connectivity index (χ2v) is 5.19. The van der Waals surface area contributed by atoms with Crippen molar-refractivity contribution in [1.82, 2.24) is 0 Å². The first kappa shape index (κ1) is 16.6. The van der Waals surface area contributed by atoms with Gasteiger partial charge in [0.2, 0.25) is 0 Å². The third-order valence-corrected chi connectivity index (χ3v) is 3.53. The number of carbonyl (C=O) groups is 1. The number of epoxide rings is 1. The minimum absolute atomic E-state index is 0.169. The van der Waals surface area contributed by atoms with Crippen molar-refractivity contribution in [2.75, 3.05) is 19.8 Å². The number of ether oxygens (including phenoxy) is 3. The van der Waals surface area contributed by atoms with Crippen LogP contribution in [0.1, 0.15) is 36.6 Å². The zero-order valence-electron chi connectivity index (χ0n) is 13.1. The quantitative estimate of drug-likeness (QED) is 0.441. The summed E-state index contributed by atoms with van der Waals surface area (Å²) in [5.74, 6) is -0.762. The molecule has 0 unspecified atom stereocenters. The summed E-state index contributed by atoms with van der Waals surface area (Å²) in [4.78, 5) is 11.5. The van der Waals surface area contributed by atoms with E-state index in [0.29, 0.717) is 24.3 Å². The minimum Gasteiger partial charge on any atom is -0.463 e. The van der Waals surface area contributed by atoms with E-state index in [1.807, 2.05) is 6.92 Å². The first-order valence-corrected chi connectivity index (χ1v) is 7.40. The van der Waals surface area contributed by atoms with E-state index in [1.54, 1.807) is 26.0 Å². The minimum atomic E-state index is -0.447. The van der Waals surface area contributed by atoms with Crippen LogP contribution in [0.5, 0.6) is 0 Å². The number of rotatable bonds is 7. The molecule has 1 aliphatic heterocycles. The fraction of sp³-hybridized carbons (Fsp3) is 0.471. The highest BCUT2D eigenvalue weighted by Gasteiger charge is 2.24. The number of benzene rings is 1. The molecular weight excluding hydrogens is 287 g/mol. The van der Waals surface area contributed by atoms with Gasteiger partial charge in [-0.2, -0.15) is 0 Å². The Morgan fingerprint density at radius 3 is 2.91 bits per heavy atom. The molecule has 1 saturated heterocycles. The first-order chi connectivity index (χ1) is 10.5. The monoisotopic (exact) mass is 308 g/mol. The van der Waals surface area contributed by atoms with Crippen LogP contribution in [0, 0.1) is 12.7 Å². The van der Waals surface area contributed by atoms with Crippen molar-refractivity contribution < 1.29 is 23.4 Å². The molecule has 1 heterocycles. The Kier molecular flexibility index (Phi) is 5.69. The van der Waals surface area contributed by atoms with Crippen molar-refractivity contribution in [1.29, 1.82) is 0 Å². The lowest BCUT2D eigenvalue weighted by Gasteiger charge is -2.17. The number of hydrogen-bond acceptors (Lipinski definition) is 4. The standard InChI is InChI=1S/C17H21FO4/c1-4-20-17(19)8-6-14-11(2)16(18)7-5-15(14)12(3)21-9-13-10-22-13/h5-8,12-13H,4,9-10H2,1-3H3/b8-6+/t12-,13+/m1/s1. The van der Waals surface area contributed by atoms with Crippen LogP contribution in [0.25, 0.3) is 6.08 Å². The third-order valence-electron chi connectivity index (χ3n) is 3.53. The van der Waals surface area contributed by atoms with Crippen molar-refractivity contribution in [2.45, 2.75) is 33.0 Å². The second kappa shape index (κ2) is 7.51. The normalized spacial score (nSPS) is 18.5. The predicted octanol–water partition coefficient (Wildman–Crippen LogP) is 3.19. The van der Waals surface area contributed by atoms with Gasteiger partial charge >= 0.3 is 5.97 Å². The number of halogens is 1. The van der Waals surface area contributed by atoms with Crippen molar-refractivity contribution in [3.05, 3.63) is 40.7 Å². The summed E-state index contributed by atoms with van der Waals surface area (Å²) in [5.41, 5.74) is 1.97. The van der Waals surface area contributed by atoms with Crippen molar-refractivity contribution in [2.24, 2.45) is 0 Å². The summed E-state index contributed by atoms with van der Waals surface area (Å²) in [6.45, 7) is 6.86. The van der Waals surface area contributed by atoms with Crippen LogP contribution >= 0.6 is 0 Å². The number of esters is 1. The topological polar surface area (TPSA) is 48.1 Å². The number of hydrogen-bond donors (Lipinski definition) is 0. The molecular formula is C17H21FO4. The Hall–Kier alpha value is -1.72. The maximum Gasteiger partial charge on any atom is 0.330 e. The molecule has 0 amide bonds. The highest BCUT2D eigenvalue weighted by Crippen LogP contribution is 2.28. The van der Waals surface area contributed by atoms with Crippen LogP contribution in [0.2, 0.25) is 0 Å². The molecule has 4 nitrogen and oxygen atoms in total. The van der Waals surface area contributed by atoms with E-state index in [4.69, 9.17) is 14.2 Å². The van der Waals surface area contributed by atoms with E-state index in [2.05, 4.69) is 0 Å². The number of carbonyl (C=O) groups excluding carboxylic acids is 1. The molecule has 22 heavy (non-hydrogen) atoms. The van der Waals surface area contributed by atoms with E-state index in [1.165, 1.54) is 12.1 Å². The maximum absolute atomic E-state index is 13.8. The average Bonchev–Trinajstić information content (AvgIpc) is 3.30. The molecule has 0 bridgehead atoms. The van der Waals surface area contributed by atoms with Gasteiger partial charge in [-0.25, -0.2) is 9.18 Å². The fourth-order valence-corrected chi connectivity index (χ4v) is 2.15. The molecule has 0 aromatic heterocycles. The SMILES string of the molecule is CCOC(=O)/C=C/c1c([C@@H](C)OC[C@H]2CO2)ccc(F)c1C. The van der Waals surface area contributed by atoms with Gasteiger partial charge in [-0.05, 0) is 49.6 Å². The van der Waals surface area contributed by atoms with Crippen LogP contribution in [0.4, 0.5) is 4.39 Å². The van der Waals surface area contributed by atoms with Crippen molar-refractivity contribution in [3.8, 4) is 0 Å². The van der Waals surface area contributed by atoms with Gasteiger partial charge in [0, 0.05) is 6.08 Å². The van der Waals surface area contributed by atoms with E-state index >= 15 is 0 Å². The Labute approximate surface area is 129 Å². The first-order valence-electron chi connectivity index (χ1n) is 7.40. The van der Waals surface area contributed by atoms with Gasteiger partial charge in [0.25, 0.3) is 0 Å². The summed E-state index contributed by atoms with van der Waals surface area (Å²) in [6.07, 6.45) is 2.85. The van der Waals surface area contributed by atoms with Crippen LogP contribution in [-0.4, -0.2) is 31.9 Å². The van der Waals surface area contributed by atoms with Crippen molar-refractivity contribution in [3.63, 3.8) is 0 Å². The third kappa shape index (κ3) is 4.39. The van der Waals surface area contributed by atoms with Crippen LogP contribution in [-0.2, 0) is 19.0 Å². The Balaban J connectivity index is 2.20. The van der Waals surface area contributed by atoms with Gasteiger partial charge < -0.3 is 14.2 Å². The summed E-state index contributed by atoms with van der Waals surface area (Å²) >= 11 is 0. The lowest BCUT2D eigenvalue weighted by atomic mass is 9.97. The van der Waals surface area contributed by atoms with Crippen LogP contribution < -0.4 is 0 Å². The average molecular weight is 308 g/mol. The predicted molar refractivity (Wildman–Crippen MR) is 80.9 cm³/mol. The van der Waals surface area contributed by atoms with Gasteiger partial charge in [-0.1, -0.05) is 6.07 Å². The summed E-state index contributed by atoms with van der Waals surface area (Å²) in [6, 6.07) is 3.10. The van der Waals surface area contributed by atoms with E-state index in [0.717, 1.165) is 12.2 Å². The Morgan fingerprint density at radius 2 is 2.27 bits per heavy atom. The summed E-state index contributed by atoms with van der Waals surface area (Å²) in [7, 11) is 0. The molecule has 5 heteroatoms. The van der Waals surface area contributed by atoms with Gasteiger partial charge in [0.15, 0.2) is 0 Å². The molecule has 1 aromatic rings. The Bertz CT molecular complexity index is 564. The molecule has 0 spiro atoms. The van der Waals surface area contributed by atoms with E-state index in [9.17, 15) is 9.18 Å². The van der Waals surface area contributed by atoms with Gasteiger partial charge in [0.05, 0.1) is 25.9 Å². The fourth-order valence-electron chi connectivity index (χ4n) is 2.15. The molecule has 2 rings (SSSR count). The zero-order chi connectivity index (χ0) is 16.1. The highest BCUT2D eigenvalue weighted by atomic mass is 19.1. The smallest absolute Gasteiger partial charge is 0.330 e. The summed E-state index contributed by atoms with van der Waals surface area (Å²) < 4.78 is 29.5. The molecule has 0 N–H and O–H groups in total. The van der Waals surface area contributed by atoms with Crippen molar-refractivity contribution >= 4 is 12.0 Å². The largest absolute Gasteiger partial charge is 0.463 e. The van der Waals surface area contributed by atoms with Gasteiger partial charge in [0.1, 0.15) is 11.9 Å². The highest BCUT2D eigenvalue weighted by molar-refractivity contribution is 5.87. The van der Waals surface area contributed by atoms with Gasteiger partial charge in [-0.15, -0.1) is 0 Å². The molecule has 0 saturated carbocycles. The Morgan fingerprint density at radius 1 is 1.55 bits per heavy atom. The molecule has 120 valence electrons. The zero-order valence-corrected chi connectivity index (χ0v) is 13.1. The van der Waals surface area contributed by atoms with E-state index in [-0.39, 0.29) is 18.0 Å². The lowest BCUT2D eigenvalue weighted by molar-refractivity contribution is -0.137. The molecule has 0 aliphatic carbocycles.